The van der Waals surface area contributed by atoms with E-state index in [0.29, 0.717) is 52.9 Å². The molecular formula is C32H38F3N3O4. The van der Waals surface area contributed by atoms with Crippen molar-refractivity contribution in [1.29, 1.82) is 0 Å². The lowest BCUT2D eigenvalue weighted by Gasteiger charge is -2.40. The number of methoxy groups -OCH3 is 2. The number of alkyl halides is 3. The summed E-state index contributed by atoms with van der Waals surface area (Å²) >= 11 is 0. The number of carbonyl (C=O) groups is 1. The molecule has 2 aromatic carbocycles. The van der Waals surface area contributed by atoms with Crippen molar-refractivity contribution >= 4 is 16.9 Å². The maximum atomic E-state index is 13.7. The number of esters is 1. The molecule has 10 heteroatoms. The second-order valence-corrected chi connectivity index (χ2v) is 10.9. The van der Waals surface area contributed by atoms with Gasteiger partial charge in [-0.3, -0.25) is 4.90 Å². The Bertz CT molecular complexity index is 1410. The molecule has 2 saturated heterocycles. The zero-order valence-corrected chi connectivity index (χ0v) is 24.4. The molecule has 226 valence electrons. The predicted octanol–water partition coefficient (Wildman–Crippen LogP) is 6.56. The van der Waals surface area contributed by atoms with E-state index in [4.69, 9.17) is 19.2 Å². The number of carbonyl (C=O) groups excluding carboxylic acids is 1. The number of aromatic nitrogens is 1. The Kier molecular flexibility index (Phi) is 9.22. The van der Waals surface area contributed by atoms with Crippen molar-refractivity contribution in [3.05, 3.63) is 53.1 Å². The highest BCUT2D eigenvalue weighted by Crippen LogP contribution is 2.39. The molecule has 42 heavy (non-hydrogen) atoms. The first kappa shape index (κ1) is 30.1. The quantitative estimate of drug-likeness (QED) is 0.277. The number of nitrogens with zero attached hydrogens (tertiary/aromatic N) is 3. The van der Waals surface area contributed by atoms with Gasteiger partial charge in [0.15, 0.2) is 11.5 Å². The first-order chi connectivity index (χ1) is 20.2. The highest BCUT2D eigenvalue weighted by atomic mass is 19.4. The molecule has 0 unspecified atom stereocenters. The molecule has 2 aliphatic heterocycles. The van der Waals surface area contributed by atoms with Crippen LogP contribution < -0.4 is 9.47 Å². The number of hydrogen-bond donors (Lipinski definition) is 0. The smallest absolute Gasteiger partial charge is 0.416 e. The number of benzene rings is 2. The van der Waals surface area contributed by atoms with Gasteiger partial charge in [0.2, 0.25) is 0 Å². The van der Waals surface area contributed by atoms with E-state index in [0.717, 1.165) is 51.2 Å². The number of ether oxygens (including phenoxy) is 3. The lowest BCUT2D eigenvalue weighted by Crippen LogP contribution is -2.46. The van der Waals surface area contributed by atoms with Gasteiger partial charge in [0.25, 0.3) is 0 Å². The van der Waals surface area contributed by atoms with Crippen LogP contribution in [0.1, 0.15) is 60.5 Å². The molecule has 0 atom stereocenters. The largest absolute Gasteiger partial charge is 0.493 e. The molecule has 0 saturated carbocycles. The third-order valence-corrected chi connectivity index (χ3v) is 8.37. The number of hydrogen-bond acceptors (Lipinski definition) is 7. The molecule has 0 radical (unpaired) electrons. The van der Waals surface area contributed by atoms with Gasteiger partial charge in [-0.05, 0) is 77.0 Å². The van der Waals surface area contributed by atoms with Gasteiger partial charge >= 0.3 is 12.1 Å². The summed E-state index contributed by atoms with van der Waals surface area (Å²) < 4.78 is 57.8. The molecule has 2 aliphatic rings. The second kappa shape index (κ2) is 12.9. The first-order valence-electron chi connectivity index (χ1n) is 14.6. The molecule has 7 nitrogen and oxygen atoms in total. The number of rotatable bonds is 8. The Morgan fingerprint density at radius 3 is 2.38 bits per heavy atom. The summed E-state index contributed by atoms with van der Waals surface area (Å²) in [5, 5.41) is 0.496. The van der Waals surface area contributed by atoms with Gasteiger partial charge in [0, 0.05) is 35.2 Å². The van der Waals surface area contributed by atoms with E-state index >= 15 is 0 Å². The van der Waals surface area contributed by atoms with Gasteiger partial charge in [0.05, 0.1) is 43.2 Å². The van der Waals surface area contributed by atoms with Crippen molar-refractivity contribution in [2.24, 2.45) is 0 Å². The highest BCUT2D eigenvalue weighted by Gasteiger charge is 2.32. The molecule has 0 N–H and O–H groups in total. The molecule has 5 rings (SSSR count). The third kappa shape index (κ3) is 6.34. The van der Waals surface area contributed by atoms with Gasteiger partial charge in [-0.2, -0.15) is 13.2 Å². The van der Waals surface area contributed by atoms with E-state index in [-0.39, 0.29) is 11.1 Å². The van der Waals surface area contributed by atoms with Gasteiger partial charge < -0.3 is 19.1 Å². The number of halogens is 3. The van der Waals surface area contributed by atoms with E-state index in [1.54, 1.807) is 18.2 Å². The van der Waals surface area contributed by atoms with Crippen LogP contribution in [0.25, 0.3) is 22.2 Å². The van der Waals surface area contributed by atoms with E-state index < -0.39 is 17.7 Å². The van der Waals surface area contributed by atoms with Crippen molar-refractivity contribution in [2.75, 3.05) is 47.0 Å². The zero-order valence-electron chi connectivity index (χ0n) is 24.4. The maximum absolute atomic E-state index is 13.7. The van der Waals surface area contributed by atoms with Crippen LogP contribution in [0.2, 0.25) is 0 Å². The van der Waals surface area contributed by atoms with Crippen molar-refractivity contribution in [2.45, 2.75) is 57.8 Å². The van der Waals surface area contributed by atoms with Crippen molar-refractivity contribution in [1.82, 2.24) is 14.8 Å². The molecule has 0 bridgehead atoms. The summed E-state index contributed by atoms with van der Waals surface area (Å²) in [6.45, 7) is 6.46. The van der Waals surface area contributed by atoms with E-state index in [2.05, 4.69) is 9.80 Å². The molecule has 0 aliphatic carbocycles. The van der Waals surface area contributed by atoms with Crippen LogP contribution in [-0.2, 0) is 17.5 Å². The number of pyridine rings is 1. The number of likely N-dealkylation sites (tertiary alicyclic amines) is 2. The minimum atomic E-state index is -4.52. The SMILES string of the molecule is CCOc1cc2nc(-c3cccc(C(F)(F)F)c3)c(CN3CCC(N4CCCCC4)CC3)c(C(=O)OC)c2cc1OC. The fraction of sp³-hybridized carbons (Fsp3) is 0.500. The number of piperidine rings is 2. The Labute approximate surface area is 244 Å². The van der Waals surface area contributed by atoms with Crippen LogP contribution in [0.3, 0.4) is 0 Å². The molecule has 2 fully saturated rings. The van der Waals surface area contributed by atoms with E-state index in [1.807, 2.05) is 6.92 Å². The monoisotopic (exact) mass is 585 g/mol. The lowest BCUT2D eigenvalue weighted by molar-refractivity contribution is -0.137. The first-order valence-corrected chi connectivity index (χ1v) is 14.6. The van der Waals surface area contributed by atoms with Crippen molar-refractivity contribution in [3.8, 4) is 22.8 Å². The minimum Gasteiger partial charge on any atom is -0.493 e. The zero-order chi connectivity index (χ0) is 29.9. The van der Waals surface area contributed by atoms with Gasteiger partial charge in [0.1, 0.15) is 0 Å². The van der Waals surface area contributed by atoms with Crippen LogP contribution in [0.5, 0.6) is 11.5 Å². The third-order valence-electron chi connectivity index (χ3n) is 8.37. The Morgan fingerprint density at radius 1 is 1.00 bits per heavy atom. The van der Waals surface area contributed by atoms with E-state index in [1.165, 1.54) is 39.5 Å². The standard InChI is InChI=1S/C32H38F3N3O4/c1-4-42-28-19-26-24(18-27(28)40-2)29(31(39)41-3)25(30(36-26)21-9-8-10-22(17-21)32(33,34)35)20-37-15-11-23(12-16-37)38-13-6-5-7-14-38/h8-10,17-19,23H,4-7,11-16,20H2,1-3H3. The fourth-order valence-electron chi connectivity index (χ4n) is 6.26. The molecule has 3 heterocycles. The van der Waals surface area contributed by atoms with Gasteiger partial charge in [-0.1, -0.05) is 18.6 Å². The molecule has 1 aromatic heterocycles. The molecule has 0 spiro atoms. The van der Waals surface area contributed by atoms with Crippen molar-refractivity contribution < 1.29 is 32.2 Å². The lowest BCUT2D eigenvalue weighted by atomic mass is 9.93. The van der Waals surface area contributed by atoms with Gasteiger partial charge in [-0.15, -0.1) is 0 Å². The molecular weight excluding hydrogens is 547 g/mol. The van der Waals surface area contributed by atoms with Gasteiger partial charge in [-0.25, -0.2) is 9.78 Å². The van der Waals surface area contributed by atoms with Crippen molar-refractivity contribution in [3.63, 3.8) is 0 Å². The topological polar surface area (TPSA) is 64.1 Å². The average molecular weight is 586 g/mol. The second-order valence-electron chi connectivity index (χ2n) is 10.9. The summed E-state index contributed by atoms with van der Waals surface area (Å²) in [6.07, 6.45) is 1.23. The average Bonchev–Trinajstić information content (AvgIpc) is 3.00. The highest BCUT2D eigenvalue weighted by molar-refractivity contribution is 6.07. The summed E-state index contributed by atoms with van der Waals surface area (Å²) in [4.78, 5) is 23.2. The Morgan fingerprint density at radius 2 is 1.74 bits per heavy atom. The molecule has 3 aromatic rings. The fourth-order valence-corrected chi connectivity index (χ4v) is 6.26. The Hall–Kier alpha value is -3.37. The normalized spacial score (nSPS) is 17.4. The predicted molar refractivity (Wildman–Crippen MR) is 155 cm³/mol. The maximum Gasteiger partial charge on any atom is 0.416 e. The van der Waals surface area contributed by atoms with E-state index in [9.17, 15) is 18.0 Å². The summed E-state index contributed by atoms with van der Waals surface area (Å²) in [5.74, 6) is 0.273. The van der Waals surface area contributed by atoms with Crippen LogP contribution in [0, 0.1) is 0 Å². The molecule has 0 amide bonds. The summed E-state index contributed by atoms with van der Waals surface area (Å²) in [7, 11) is 2.82. The minimum absolute atomic E-state index is 0.273. The van der Waals surface area contributed by atoms with Crippen LogP contribution >= 0.6 is 0 Å². The van der Waals surface area contributed by atoms with Crippen LogP contribution in [0.15, 0.2) is 36.4 Å². The van der Waals surface area contributed by atoms with Crippen LogP contribution in [0.4, 0.5) is 13.2 Å². The summed E-state index contributed by atoms with van der Waals surface area (Å²) in [6, 6.07) is 8.99. The Balaban J connectivity index is 1.62. The van der Waals surface area contributed by atoms with Crippen LogP contribution in [-0.4, -0.2) is 73.8 Å². The summed E-state index contributed by atoms with van der Waals surface area (Å²) in [5.41, 5.74) is 1.04. The number of fused-ring (bicyclic) bond motifs is 1.